The summed E-state index contributed by atoms with van der Waals surface area (Å²) in [5.41, 5.74) is 1.13. The molecule has 1 fully saturated rings. The van der Waals surface area contributed by atoms with E-state index in [1.165, 1.54) is 6.07 Å². The lowest BCUT2D eigenvalue weighted by Crippen LogP contribution is -2.18. The summed E-state index contributed by atoms with van der Waals surface area (Å²) in [5, 5.41) is 12.4. The molecule has 122 valence electrons. The third-order valence-electron chi connectivity index (χ3n) is 4.13. The van der Waals surface area contributed by atoms with E-state index in [0.29, 0.717) is 29.0 Å². The van der Waals surface area contributed by atoms with E-state index in [-0.39, 0.29) is 11.7 Å². The van der Waals surface area contributed by atoms with Crippen LogP contribution in [0.5, 0.6) is 0 Å². The number of rotatable bonds is 5. The van der Waals surface area contributed by atoms with Gasteiger partial charge in [0.25, 0.3) is 0 Å². The van der Waals surface area contributed by atoms with Crippen molar-refractivity contribution >= 4 is 28.5 Å². The smallest absolute Gasteiger partial charge is 0.371 e. The van der Waals surface area contributed by atoms with Gasteiger partial charge in [-0.15, -0.1) is 0 Å². The number of amides is 1. The van der Waals surface area contributed by atoms with E-state index in [1.54, 1.807) is 18.2 Å². The molecular formula is C17H19NO5. The summed E-state index contributed by atoms with van der Waals surface area (Å²) in [5.74, 6) is -0.687. The number of carboxylic acids is 1. The number of hydrogen-bond donors (Lipinski definition) is 2. The minimum Gasteiger partial charge on any atom is -0.475 e. The summed E-state index contributed by atoms with van der Waals surface area (Å²) in [4.78, 5) is 22.9. The Balaban J connectivity index is 1.59. The standard InChI is InChI=1S/C17H19NO5/c19-16(4-1-11-5-7-22-8-6-11)18-13-2-3-14-12(9-13)10-15(23-14)17(20)21/h2-3,9-11H,1,4-8H2,(H,18,19)(H,20,21). The maximum Gasteiger partial charge on any atom is 0.371 e. The number of furan rings is 1. The van der Waals surface area contributed by atoms with Crippen LogP contribution in [0.15, 0.2) is 28.7 Å². The van der Waals surface area contributed by atoms with Gasteiger partial charge in [-0.3, -0.25) is 4.79 Å². The number of fused-ring (bicyclic) bond motifs is 1. The molecule has 2 N–H and O–H groups in total. The Bertz CT molecular complexity index is 715. The number of anilines is 1. The third-order valence-corrected chi connectivity index (χ3v) is 4.13. The maximum absolute atomic E-state index is 12.0. The molecule has 23 heavy (non-hydrogen) atoms. The van der Waals surface area contributed by atoms with Crippen molar-refractivity contribution in [2.45, 2.75) is 25.7 Å². The molecule has 0 saturated carbocycles. The predicted molar refractivity (Wildman–Crippen MR) is 84.6 cm³/mol. The number of nitrogens with one attached hydrogen (secondary N) is 1. The molecular weight excluding hydrogens is 298 g/mol. The Morgan fingerprint density at radius 2 is 2.00 bits per heavy atom. The second kappa shape index (κ2) is 6.83. The quantitative estimate of drug-likeness (QED) is 0.883. The van der Waals surface area contributed by atoms with E-state index in [0.717, 1.165) is 32.5 Å². The lowest BCUT2D eigenvalue weighted by Gasteiger charge is -2.21. The molecule has 1 aromatic carbocycles. The molecule has 1 aromatic heterocycles. The lowest BCUT2D eigenvalue weighted by atomic mass is 9.95. The molecule has 0 unspecified atom stereocenters. The highest BCUT2D eigenvalue weighted by Crippen LogP contribution is 2.24. The molecule has 0 radical (unpaired) electrons. The molecule has 1 amide bonds. The molecule has 0 atom stereocenters. The highest BCUT2D eigenvalue weighted by Gasteiger charge is 2.16. The molecule has 3 rings (SSSR count). The number of benzene rings is 1. The van der Waals surface area contributed by atoms with Crippen LogP contribution in [0.4, 0.5) is 5.69 Å². The predicted octanol–water partition coefficient (Wildman–Crippen LogP) is 3.28. The van der Waals surface area contributed by atoms with Gasteiger partial charge in [-0.1, -0.05) is 0 Å². The van der Waals surface area contributed by atoms with Crippen LogP contribution in [-0.4, -0.2) is 30.2 Å². The first kappa shape index (κ1) is 15.6. The summed E-state index contributed by atoms with van der Waals surface area (Å²) in [6.45, 7) is 1.57. The van der Waals surface area contributed by atoms with Gasteiger partial charge in [0.05, 0.1) is 0 Å². The zero-order valence-electron chi connectivity index (χ0n) is 12.7. The van der Waals surface area contributed by atoms with Crippen molar-refractivity contribution in [3.05, 3.63) is 30.0 Å². The van der Waals surface area contributed by atoms with Crippen LogP contribution < -0.4 is 5.32 Å². The fourth-order valence-electron chi connectivity index (χ4n) is 2.82. The van der Waals surface area contributed by atoms with Crippen molar-refractivity contribution in [3.8, 4) is 0 Å². The van der Waals surface area contributed by atoms with Gasteiger partial charge in [-0.05, 0) is 49.4 Å². The van der Waals surface area contributed by atoms with Gasteiger partial charge in [0, 0.05) is 30.7 Å². The van der Waals surface area contributed by atoms with Crippen LogP contribution in [0.1, 0.15) is 36.2 Å². The SMILES string of the molecule is O=C(CCC1CCOCC1)Nc1ccc2oc(C(=O)O)cc2c1. The molecule has 2 heterocycles. The average molecular weight is 317 g/mol. The van der Waals surface area contributed by atoms with Gasteiger partial charge >= 0.3 is 5.97 Å². The van der Waals surface area contributed by atoms with Gasteiger partial charge in [0.15, 0.2) is 0 Å². The first-order valence-corrected chi connectivity index (χ1v) is 7.76. The van der Waals surface area contributed by atoms with Crippen molar-refractivity contribution in [1.82, 2.24) is 0 Å². The van der Waals surface area contributed by atoms with Gasteiger partial charge in [0.1, 0.15) is 5.58 Å². The number of carbonyl (C=O) groups is 2. The molecule has 0 aliphatic carbocycles. The summed E-state index contributed by atoms with van der Waals surface area (Å²) in [6, 6.07) is 6.55. The molecule has 2 aromatic rings. The highest BCUT2D eigenvalue weighted by atomic mass is 16.5. The van der Waals surface area contributed by atoms with Crippen molar-refractivity contribution in [2.75, 3.05) is 18.5 Å². The minimum absolute atomic E-state index is 0.0298. The van der Waals surface area contributed by atoms with E-state index in [2.05, 4.69) is 5.32 Å². The molecule has 6 heteroatoms. The summed E-state index contributed by atoms with van der Waals surface area (Å²) >= 11 is 0. The fourth-order valence-corrected chi connectivity index (χ4v) is 2.82. The Hall–Kier alpha value is -2.34. The normalized spacial score (nSPS) is 15.7. The zero-order valence-corrected chi connectivity index (χ0v) is 12.7. The Morgan fingerprint density at radius 3 is 2.74 bits per heavy atom. The van der Waals surface area contributed by atoms with Crippen LogP contribution in [0.3, 0.4) is 0 Å². The maximum atomic E-state index is 12.0. The number of aromatic carboxylic acids is 1. The van der Waals surface area contributed by atoms with Crippen molar-refractivity contribution < 1.29 is 23.8 Å². The van der Waals surface area contributed by atoms with Gasteiger partial charge < -0.3 is 19.6 Å². The molecule has 0 bridgehead atoms. The van der Waals surface area contributed by atoms with Crippen molar-refractivity contribution in [2.24, 2.45) is 5.92 Å². The van der Waals surface area contributed by atoms with Crippen molar-refractivity contribution in [3.63, 3.8) is 0 Å². The second-order valence-corrected chi connectivity index (χ2v) is 5.81. The zero-order chi connectivity index (χ0) is 16.2. The Morgan fingerprint density at radius 1 is 1.22 bits per heavy atom. The van der Waals surface area contributed by atoms with E-state index in [1.807, 2.05) is 0 Å². The molecule has 6 nitrogen and oxygen atoms in total. The van der Waals surface area contributed by atoms with Gasteiger partial charge in [-0.2, -0.15) is 0 Å². The Kier molecular flexibility index (Phi) is 4.62. The topological polar surface area (TPSA) is 88.8 Å². The fraction of sp³-hybridized carbons (Fsp3) is 0.412. The van der Waals surface area contributed by atoms with E-state index < -0.39 is 5.97 Å². The Labute approximate surface area is 133 Å². The van der Waals surface area contributed by atoms with Crippen LogP contribution >= 0.6 is 0 Å². The molecule has 1 aliphatic heterocycles. The first-order valence-electron chi connectivity index (χ1n) is 7.76. The number of carboxylic acid groups (broad SMARTS) is 1. The first-order chi connectivity index (χ1) is 11.1. The summed E-state index contributed by atoms with van der Waals surface area (Å²) in [7, 11) is 0. The van der Waals surface area contributed by atoms with Crippen LogP contribution in [0.2, 0.25) is 0 Å². The number of hydrogen-bond acceptors (Lipinski definition) is 4. The summed E-state index contributed by atoms with van der Waals surface area (Å²) < 4.78 is 10.5. The molecule has 0 spiro atoms. The van der Waals surface area contributed by atoms with Crippen LogP contribution in [0, 0.1) is 5.92 Å². The highest BCUT2D eigenvalue weighted by molar-refractivity contribution is 5.95. The van der Waals surface area contributed by atoms with Gasteiger partial charge in [0.2, 0.25) is 11.7 Å². The van der Waals surface area contributed by atoms with Gasteiger partial charge in [-0.25, -0.2) is 4.79 Å². The second-order valence-electron chi connectivity index (χ2n) is 5.81. The summed E-state index contributed by atoms with van der Waals surface area (Å²) in [6.07, 6.45) is 3.39. The minimum atomic E-state index is -1.11. The number of carbonyl (C=O) groups excluding carboxylic acids is 1. The largest absolute Gasteiger partial charge is 0.475 e. The molecule has 1 aliphatic rings. The van der Waals surface area contributed by atoms with Crippen molar-refractivity contribution in [1.29, 1.82) is 0 Å². The van der Waals surface area contributed by atoms with E-state index in [4.69, 9.17) is 14.3 Å². The average Bonchev–Trinajstić information content (AvgIpc) is 2.97. The third kappa shape index (κ3) is 3.90. The van der Waals surface area contributed by atoms with Crippen LogP contribution in [-0.2, 0) is 9.53 Å². The monoisotopic (exact) mass is 317 g/mol. The molecule has 1 saturated heterocycles. The lowest BCUT2D eigenvalue weighted by molar-refractivity contribution is -0.116. The van der Waals surface area contributed by atoms with E-state index >= 15 is 0 Å². The number of ether oxygens (including phenoxy) is 1. The van der Waals surface area contributed by atoms with E-state index in [9.17, 15) is 9.59 Å². The van der Waals surface area contributed by atoms with Crippen LogP contribution in [0.25, 0.3) is 11.0 Å².